The summed E-state index contributed by atoms with van der Waals surface area (Å²) in [5.74, 6) is -0.355. The van der Waals surface area contributed by atoms with Crippen molar-refractivity contribution in [1.82, 2.24) is 0 Å². The lowest BCUT2D eigenvalue weighted by molar-refractivity contribution is -0.197. The van der Waals surface area contributed by atoms with Crippen LogP contribution in [0.4, 0.5) is 0 Å². The predicted molar refractivity (Wildman–Crippen MR) is 120 cm³/mol. The van der Waals surface area contributed by atoms with Gasteiger partial charge in [-0.2, -0.15) is 0 Å². The Morgan fingerprint density at radius 1 is 0.871 bits per heavy atom. The molecule has 158 valence electrons. The van der Waals surface area contributed by atoms with Gasteiger partial charge in [0.15, 0.2) is 6.29 Å². The highest BCUT2D eigenvalue weighted by molar-refractivity contribution is 5.89. The fraction of sp³-hybridized carbons (Fsp3) is 0.222. The second-order valence-electron chi connectivity index (χ2n) is 7.86. The Hall–Kier alpha value is -3.21. The van der Waals surface area contributed by atoms with Gasteiger partial charge in [-0.25, -0.2) is 4.79 Å². The number of ether oxygens (including phenoxy) is 3. The standard InChI is InChI=1S/C27H26O4/c1-21(17-22-11-5-2-6-12-22)26-30-19-27(20-31-26,24-15-9-4-10-16-24)18-29-25(28)23-13-7-3-8-14-23/h2-16,26H,1,17-20H2. The molecule has 0 N–H and O–H groups in total. The van der Waals surface area contributed by atoms with Gasteiger partial charge >= 0.3 is 5.97 Å². The molecule has 1 aliphatic rings. The zero-order chi connectivity index (χ0) is 21.5. The van der Waals surface area contributed by atoms with E-state index in [-0.39, 0.29) is 12.6 Å². The molecule has 4 rings (SSSR count). The van der Waals surface area contributed by atoms with Gasteiger partial charge in [0, 0.05) is 0 Å². The molecular formula is C27H26O4. The smallest absolute Gasteiger partial charge is 0.338 e. The van der Waals surface area contributed by atoms with Crippen LogP contribution >= 0.6 is 0 Å². The highest BCUT2D eigenvalue weighted by Crippen LogP contribution is 2.32. The third-order valence-corrected chi connectivity index (χ3v) is 5.50. The first kappa shape index (κ1) is 21.0. The van der Waals surface area contributed by atoms with E-state index < -0.39 is 11.7 Å². The normalized spacial score (nSPS) is 20.7. The molecule has 4 heteroatoms. The van der Waals surface area contributed by atoms with E-state index in [9.17, 15) is 4.79 Å². The Balaban J connectivity index is 1.44. The molecule has 0 bridgehead atoms. The average molecular weight is 415 g/mol. The van der Waals surface area contributed by atoms with E-state index in [1.54, 1.807) is 12.1 Å². The van der Waals surface area contributed by atoms with Crippen molar-refractivity contribution in [2.24, 2.45) is 0 Å². The third-order valence-electron chi connectivity index (χ3n) is 5.50. The molecular weight excluding hydrogens is 388 g/mol. The van der Waals surface area contributed by atoms with E-state index in [4.69, 9.17) is 14.2 Å². The summed E-state index contributed by atoms with van der Waals surface area (Å²) in [6.07, 6.45) is 0.203. The molecule has 0 unspecified atom stereocenters. The molecule has 3 aromatic carbocycles. The zero-order valence-electron chi connectivity index (χ0n) is 17.4. The van der Waals surface area contributed by atoms with E-state index in [1.165, 1.54) is 0 Å². The van der Waals surface area contributed by atoms with Crippen molar-refractivity contribution in [2.45, 2.75) is 18.1 Å². The van der Waals surface area contributed by atoms with Gasteiger partial charge in [-0.15, -0.1) is 0 Å². The summed E-state index contributed by atoms with van der Waals surface area (Å²) in [5.41, 5.74) is 3.00. The van der Waals surface area contributed by atoms with Gasteiger partial charge in [-0.1, -0.05) is 85.4 Å². The lowest BCUT2D eigenvalue weighted by Crippen LogP contribution is -2.49. The zero-order valence-corrected chi connectivity index (χ0v) is 17.4. The molecule has 3 aromatic rings. The highest BCUT2D eigenvalue weighted by Gasteiger charge is 2.40. The van der Waals surface area contributed by atoms with Gasteiger partial charge in [0.25, 0.3) is 0 Å². The monoisotopic (exact) mass is 414 g/mol. The molecule has 0 aromatic heterocycles. The van der Waals surface area contributed by atoms with E-state index in [1.807, 2.05) is 66.7 Å². The van der Waals surface area contributed by atoms with E-state index in [2.05, 4.69) is 18.7 Å². The maximum Gasteiger partial charge on any atom is 0.338 e. The van der Waals surface area contributed by atoms with Crippen LogP contribution < -0.4 is 0 Å². The minimum atomic E-state index is -0.574. The average Bonchev–Trinajstić information content (AvgIpc) is 2.84. The van der Waals surface area contributed by atoms with Crippen LogP contribution in [0.25, 0.3) is 0 Å². The number of hydrogen-bond acceptors (Lipinski definition) is 4. The van der Waals surface area contributed by atoms with Crippen LogP contribution in [-0.2, 0) is 26.0 Å². The molecule has 0 spiro atoms. The maximum atomic E-state index is 12.5. The van der Waals surface area contributed by atoms with Gasteiger partial charge in [0.05, 0.1) is 24.2 Å². The summed E-state index contributed by atoms with van der Waals surface area (Å²) in [5, 5.41) is 0. The van der Waals surface area contributed by atoms with Gasteiger partial charge in [0.1, 0.15) is 6.61 Å². The first-order chi connectivity index (χ1) is 15.2. The molecule has 1 aliphatic heterocycles. The molecule has 1 heterocycles. The van der Waals surface area contributed by atoms with Crippen LogP contribution in [0.15, 0.2) is 103 Å². The van der Waals surface area contributed by atoms with Crippen molar-refractivity contribution < 1.29 is 19.0 Å². The van der Waals surface area contributed by atoms with Crippen LogP contribution in [-0.4, -0.2) is 32.1 Å². The van der Waals surface area contributed by atoms with Gasteiger partial charge in [-0.3, -0.25) is 0 Å². The fourth-order valence-electron chi connectivity index (χ4n) is 3.72. The highest BCUT2D eigenvalue weighted by atomic mass is 16.7. The quantitative estimate of drug-likeness (QED) is 0.405. The Kier molecular flexibility index (Phi) is 6.60. The summed E-state index contributed by atoms with van der Waals surface area (Å²) < 4.78 is 17.9. The summed E-state index contributed by atoms with van der Waals surface area (Å²) in [7, 11) is 0. The SMILES string of the molecule is C=C(Cc1ccccc1)C1OCC(COC(=O)c2ccccc2)(c2ccccc2)CO1. The predicted octanol–water partition coefficient (Wildman–Crippen LogP) is 4.95. The minimum absolute atomic E-state index is 0.169. The second-order valence-corrected chi connectivity index (χ2v) is 7.86. The van der Waals surface area contributed by atoms with Crippen molar-refractivity contribution in [2.75, 3.05) is 19.8 Å². The van der Waals surface area contributed by atoms with Crippen LogP contribution in [0.1, 0.15) is 21.5 Å². The molecule has 31 heavy (non-hydrogen) atoms. The van der Waals surface area contributed by atoms with Crippen LogP contribution in [0.2, 0.25) is 0 Å². The summed E-state index contributed by atoms with van der Waals surface area (Å²) in [6, 6.07) is 29.1. The number of carbonyl (C=O) groups excluding carboxylic acids is 1. The fourth-order valence-corrected chi connectivity index (χ4v) is 3.72. The van der Waals surface area contributed by atoms with E-state index in [0.717, 1.165) is 16.7 Å². The Morgan fingerprint density at radius 2 is 1.42 bits per heavy atom. The van der Waals surface area contributed by atoms with Crippen LogP contribution in [0.5, 0.6) is 0 Å². The third kappa shape index (κ3) is 5.10. The topological polar surface area (TPSA) is 44.8 Å². The first-order valence-electron chi connectivity index (χ1n) is 10.4. The summed E-state index contributed by atoms with van der Waals surface area (Å²) in [6.45, 7) is 5.09. The summed E-state index contributed by atoms with van der Waals surface area (Å²) in [4.78, 5) is 12.5. The summed E-state index contributed by atoms with van der Waals surface area (Å²) >= 11 is 0. The Bertz CT molecular complexity index is 991. The Labute approximate surface area is 183 Å². The van der Waals surface area contributed by atoms with Gasteiger partial charge < -0.3 is 14.2 Å². The number of benzene rings is 3. The van der Waals surface area contributed by atoms with Crippen LogP contribution in [0.3, 0.4) is 0 Å². The largest absolute Gasteiger partial charge is 0.461 e. The second kappa shape index (κ2) is 9.73. The minimum Gasteiger partial charge on any atom is -0.461 e. The number of esters is 1. The number of carbonyl (C=O) groups is 1. The first-order valence-corrected chi connectivity index (χ1v) is 10.4. The van der Waals surface area contributed by atoms with Crippen LogP contribution in [0, 0.1) is 0 Å². The Morgan fingerprint density at radius 3 is 2.03 bits per heavy atom. The molecule has 4 nitrogen and oxygen atoms in total. The van der Waals surface area contributed by atoms with Crippen molar-refractivity contribution in [3.8, 4) is 0 Å². The number of rotatable bonds is 7. The van der Waals surface area contributed by atoms with Crippen molar-refractivity contribution in [1.29, 1.82) is 0 Å². The maximum absolute atomic E-state index is 12.5. The molecule has 1 fully saturated rings. The molecule has 0 aliphatic carbocycles. The van der Waals surface area contributed by atoms with Gasteiger partial charge in [-0.05, 0) is 35.3 Å². The lowest BCUT2D eigenvalue weighted by Gasteiger charge is -2.40. The molecule has 0 saturated carbocycles. The molecule has 0 amide bonds. The van der Waals surface area contributed by atoms with E-state index in [0.29, 0.717) is 25.2 Å². The molecule has 0 atom stereocenters. The number of hydrogen-bond donors (Lipinski definition) is 0. The van der Waals surface area contributed by atoms with Gasteiger partial charge in [0.2, 0.25) is 0 Å². The lowest BCUT2D eigenvalue weighted by atomic mass is 9.82. The van der Waals surface area contributed by atoms with E-state index >= 15 is 0 Å². The molecule has 1 saturated heterocycles. The van der Waals surface area contributed by atoms with Crippen molar-refractivity contribution in [3.05, 3.63) is 120 Å². The molecule has 0 radical (unpaired) electrons. The van der Waals surface area contributed by atoms with Crippen molar-refractivity contribution >= 4 is 5.97 Å². The van der Waals surface area contributed by atoms with Crippen molar-refractivity contribution in [3.63, 3.8) is 0 Å².